The van der Waals surface area contributed by atoms with Crippen molar-refractivity contribution in [3.63, 3.8) is 0 Å². The van der Waals surface area contributed by atoms with Crippen LogP contribution in [0.2, 0.25) is 0 Å². The molecule has 3 aromatic rings. The van der Waals surface area contributed by atoms with E-state index in [0.29, 0.717) is 11.1 Å². The van der Waals surface area contributed by atoms with Crippen molar-refractivity contribution in [2.75, 3.05) is 0 Å². The fourth-order valence-electron chi connectivity index (χ4n) is 2.66. The lowest BCUT2D eigenvalue weighted by Crippen LogP contribution is -2.33. The van der Waals surface area contributed by atoms with Gasteiger partial charge >= 0.3 is 5.97 Å². The Morgan fingerprint density at radius 1 is 1.14 bits per heavy atom. The van der Waals surface area contributed by atoms with Gasteiger partial charge in [0.15, 0.2) is 0 Å². The van der Waals surface area contributed by atoms with Crippen molar-refractivity contribution in [1.29, 1.82) is 0 Å². The van der Waals surface area contributed by atoms with E-state index in [9.17, 15) is 14.3 Å². The number of benzene rings is 2. The summed E-state index contributed by atoms with van der Waals surface area (Å²) in [6.45, 7) is 1.64. The minimum absolute atomic E-state index is 0.384. The van der Waals surface area contributed by atoms with Crippen LogP contribution < -0.4 is 0 Å². The normalized spacial score (nSPS) is 14.0. The van der Waals surface area contributed by atoms with Gasteiger partial charge in [-0.3, -0.25) is 4.79 Å². The summed E-state index contributed by atoms with van der Waals surface area (Å²) in [5.41, 5.74) is 0.841. The summed E-state index contributed by atoms with van der Waals surface area (Å²) >= 11 is 0. The van der Waals surface area contributed by atoms with Gasteiger partial charge in [0.05, 0.1) is 0 Å². The van der Waals surface area contributed by atoms with E-state index in [4.69, 9.17) is 0 Å². The monoisotopic (exact) mass is 283 g/mol. The average Bonchev–Trinajstić information content (AvgIpc) is 2.91. The van der Waals surface area contributed by atoms with Crippen LogP contribution in [0.3, 0.4) is 0 Å². The molecule has 0 saturated carbocycles. The molecule has 3 rings (SSSR count). The summed E-state index contributed by atoms with van der Waals surface area (Å²) in [7, 11) is 0. The van der Waals surface area contributed by atoms with Gasteiger partial charge in [0.2, 0.25) is 0 Å². The van der Waals surface area contributed by atoms with E-state index < -0.39 is 11.4 Å². The molecule has 21 heavy (non-hydrogen) atoms. The molecule has 0 aliphatic heterocycles. The largest absolute Gasteiger partial charge is 0.480 e. The molecular weight excluding hydrogens is 269 g/mol. The Hall–Kier alpha value is -2.62. The predicted molar refractivity (Wildman–Crippen MR) is 78.8 cm³/mol. The molecule has 1 atom stereocenters. The predicted octanol–water partition coefficient (Wildman–Crippen LogP) is 3.70. The van der Waals surface area contributed by atoms with Gasteiger partial charge < -0.3 is 10.1 Å². The van der Waals surface area contributed by atoms with Crippen LogP contribution in [0.5, 0.6) is 0 Å². The number of aliphatic carboxylic acids is 1. The van der Waals surface area contributed by atoms with Gasteiger partial charge in [-0.1, -0.05) is 30.3 Å². The van der Waals surface area contributed by atoms with Crippen LogP contribution in [0, 0.1) is 5.82 Å². The molecule has 0 fully saturated rings. The molecule has 106 valence electrons. The number of carboxylic acids is 1. The van der Waals surface area contributed by atoms with E-state index in [2.05, 4.69) is 4.98 Å². The number of para-hydroxylation sites is 1. The van der Waals surface area contributed by atoms with Crippen LogP contribution in [0.25, 0.3) is 10.9 Å². The topological polar surface area (TPSA) is 53.1 Å². The number of aromatic amines is 1. The molecule has 0 radical (unpaired) electrons. The lowest BCUT2D eigenvalue weighted by atomic mass is 9.76. The minimum Gasteiger partial charge on any atom is -0.480 e. The Bertz CT molecular complexity index is 807. The summed E-state index contributed by atoms with van der Waals surface area (Å²) in [5, 5.41) is 10.6. The fourth-order valence-corrected chi connectivity index (χ4v) is 2.66. The summed E-state index contributed by atoms with van der Waals surface area (Å²) in [4.78, 5) is 15.0. The number of fused-ring (bicyclic) bond motifs is 1. The summed E-state index contributed by atoms with van der Waals surface area (Å²) in [5.74, 6) is -1.36. The standard InChI is InChI=1S/C17H14FNO2/c1-17(16(20)21,11-6-8-12(18)9-7-11)14-10-19-15-5-3-2-4-13(14)15/h2-10,19H,1H3,(H,20,21). The highest BCUT2D eigenvalue weighted by atomic mass is 19.1. The molecular formula is C17H14FNO2. The van der Waals surface area contributed by atoms with Crippen molar-refractivity contribution in [3.05, 3.63) is 71.7 Å². The molecule has 1 unspecified atom stereocenters. The van der Waals surface area contributed by atoms with Gasteiger partial charge in [0, 0.05) is 17.1 Å². The maximum atomic E-state index is 13.1. The van der Waals surface area contributed by atoms with E-state index in [1.807, 2.05) is 24.3 Å². The number of carbonyl (C=O) groups is 1. The fraction of sp³-hybridized carbons (Fsp3) is 0.118. The number of aromatic nitrogens is 1. The Kier molecular flexibility index (Phi) is 3.01. The first-order valence-electron chi connectivity index (χ1n) is 6.59. The van der Waals surface area contributed by atoms with Gasteiger partial charge in [-0.15, -0.1) is 0 Å². The van der Waals surface area contributed by atoms with Crippen molar-refractivity contribution >= 4 is 16.9 Å². The van der Waals surface area contributed by atoms with Gasteiger partial charge in [-0.05, 0) is 36.2 Å². The number of rotatable bonds is 3. The van der Waals surface area contributed by atoms with Crippen molar-refractivity contribution in [2.24, 2.45) is 0 Å². The average molecular weight is 283 g/mol. The summed E-state index contributed by atoms with van der Waals surface area (Å²) in [6, 6.07) is 13.1. The van der Waals surface area contributed by atoms with E-state index in [0.717, 1.165) is 10.9 Å². The molecule has 3 nitrogen and oxygen atoms in total. The maximum absolute atomic E-state index is 13.1. The Labute approximate surface area is 121 Å². The highest BCUT2D eigenvalue weighted by Crippen LogP contribution is 2.36. The Morgan fingerprint density at radius 2 is 1.81 bits per heavy atom. The van der Waals surface area contributed by atoms with E-state index in [-0.39, 0.29) is 5.82 Å². The zero-order valence-corrected chi connectivity index (χ0v) is 11.4. The molecule has 0 saturated heterocycles. The van der Waals surface area contributed by atoms with Crippen LogP contribution in [0.1, 0.15) is 18.1 Å². The second kappa shape index (κ2) is 4.74. The minimum atomic E-state index is -1.24. The van der Waals surface area contributed by atoms with Crippen LogP contribution in [-0.4, -0.2) is 16.1 Å². The third-order valence-corrected chi connectivity index (χ3v) is 3.98. The molecule has 0 bridgehead atoms. The first-order chi connectivity index (χ1) is 10.0. The quantitative estimate of drug-likeness (QED) is 0.770. The first kappa shape index (κ1) is 13.4. The van der Waals surface area contributed by atoms with E-state index in [1.54, 1.807) is 13.1 Å². The molecule has 0 amide bonds. The molecule has 2 N–H and O–H groups in total. The van der Waals surface area contributed by atoms with E-state index >= 15 is 0 Å². The van der Waals surface area contributed by atoms with Gasteiger partial charge in [-0.2, -0.15) is 0 Å². The molecule has 1 aromatic heterocycles. The number of H-pyrrole nitrogens is 1. The smallest absolute Gasteiger partial charge is 0.318 e. The molecule has 0 aliphatic carbocycles. The number of hydrogen-bond donors (Lipinski definition) is 2. The highest BCUT2D eigenvalue weighted by Gasteiger charge is 2.39. The van der Waals surface area contributed by atoms with Crippen molar-refractivity contribution in [2.45, 2.75) is 12.3 Å². The number of halogens is 1. The van der Waals surface area contributed by atoms with Crippen molar-refractivity contribution in [3.8, 4) is 0 Å². The maximum Gasteiger partial charge on any atom is 0.318 e. The van der Waals surface area contributed by atoms with E-state index in [1.165, 1.54) is 24.3 Å². The second-order valence-corrected chi connectivity index (χ2v) is 5.18. The van der Waals surface area contributed by atoms with Gasteiger partial charge in [-0.25, -0.2) is 4.39 Å². The summed E-state index contributed by atoms with van der Waals surface area (Å²) in [6.07, 6.45) is 1.71. The lowest BCUT2D eigenvalue weighted by Gasteiger charge is -2.25. The second-order valence-electron chi connectivity index (χ2n) is 5.18. The lowest BCUT2D eigenvalue weighted by molar-refractivity contribution is -0.141. The van der Waals surface area contributed by atoms with Crippen molar-refractivity contribution < 1.29 is 14.3 Å². The molecule has 2 aromatic carbocycles. The van der Waals surface area contributed by atoms with Crippen molar-refractivity contribution in [1.82, 2.24) is 4.98 Å². The highest BCUT2D eigenvalue weighted by molar-refractivity contribution is 5.94. The molecule has 1 heterocycles. The SMILES string of the molecule is CC(C(=O)O)(c1ccc(F)cc1)c1c[nH]c2ccccc12. The third-order valence-electron chi connectivity index (χ3n) is 3.98. The van der Waals surface area contributed by atoms with Crippen LogP contribution in [0.15, 0.2) is 54.7 Å². The Balaban J connectivity index is 2.26. The van der Waals surface area contributed by atoms with Gasteiger partial charge in [0.25, 0.3) is 0 Å². The third kappa shape index (κ3) is 2.00. The van der Waals surface area contributed by atoms with Crippen LogP contribution >= 0.6 is 0 Å². The number of carboxylic acid groups (broad SMARTS) is 1. The number of nitrogens with one attached hydrogen (secondary N) is 1. The summed E-state index contributed by atoms with van der Waals surface area (Å²) < 4.78 is 13.1. The van der Waals surface area contributed by atoms with Crippen LogP contribution in [0.4, 0.5) is 4.39 Å². The Morgan fingerprint density at radius 3 is 2.48 bits per heavy atom. The zero-order chi connectivity index (χ0) is 15.0. The van der Waals surface area contributed by atoms with Gasteiger partial charge in [0.1, 0.15) is 11.2 Å². The molecule has 0 spiro atoms. The zero-order valence-electron chi connectivity index (χ0n) is 11.4. The van der Waals surface area contributed by atoms with Crippen LogP contribution in [-0.2, 0) is 10.2 Å². The molecule has 4 heteroatoms. The number of hydrogen-bond acceptors (Lipinski definition) is 1. The molecule has 0 aliphatic rings. The first-order valence-corrected chi connectivity index (χ1v) is 6.59.